The van der Waals surface area contributed by atoms with Gasteiger partial charge in [-0.25, -0.2) is 0 Å². The molecule has 0 atom stereocenters. The summed E-state index contributed by atoms with van der Waals surface area (Å²) in [6, 6.07) is 0. The van der Waals surface area contributed by atoms with Crippen LogP contribution in [-0.4, -0.2) is 181 Å². The molecule has 0 saturated heterocycles. The number of aliphatic hydroxyl groups is 1. The molecule has 3 N–H and O–H groups in total. The number of carboxylic acid groups (broad SMARTS) is 1. The summed E-state index contributed by atoms with van der Waals surface area (Å²) in [4.78, 5) is 21.7. The Morgan fingerprint density at radius 2 is 0.667 bits per heavy atom. The van der Waals surface area contributed by atoms with Gasteiger partial charge in [0.25, 0.3) is 0 Å². The Balaban J connectivity index is 3.08. The van der Waals surface area contributed by atoms with Crippen LogP contribution in [0.2, 0.25) is 0 Å². The Morgan fingerprint density at radius 3 is 0.933 bits per heavy atom. The van der Waals surface area contributed by atoms with Gasteiger partial charge >= 0.3 is 5.97 Å². The van der Waals surface area contributed by atoms with E-state index in [-0.39, 0.29) is 25.4 Å². The van der Waals surface area contributed by atoms with Gasteiger partial charge < -0.3 is 67.6 Å². The van der Waals surface area contributed by atoms with Gasteiger partial charge in [-0.2, -0.15) is 0 Å². The van der Waals surface area contributed by atoms with E-state index in [9.17, 15) is 9.59 Å². The van der Waals surface area contributed by atoms with E-state index in [0.717, 1.165) is 0 Å². The molecule has 0 saturated carbocycles. The van der Waals surface area contributed by atoms with E-state index in [1.54, 1.807) is 0 Å². The molecule has 0 unspecified atom stereocenters. The summed E-state index contributed by atoms with van der Waals surface area (Å²) in [7, 11) is 0. The van der Waals surface area contributed by atoms with E-state index in [0.29, 0.717) is 158 Å². The zero-order valence-electron chi connectivity index (χ0n) is 26.8. The fourth-order valence-electron chi connectivity index (χ4n) is 3.08. The first-order chi connectivity index (χ1) is 22.2. The van der Waals surface area contributed by atoms with Crippen LogP contribution in [0.25, 0.3) is 0 Å². The number of hydrogen-bond acceptors (Lipinski definition) is 14. The van der Waals surface area contributed by atoms with Crippen LogP contribution in [0.1, 0.15) is 19.3 Å². The van der Waals surface area contributed by atoms with Gasteiger partial charge in [0.15, 0.2) is 0 Å². The molecule has 0 aliphatic heterocycles. The number of aliphatic carboxylic acids is 1. The van der Waals surface area contributed by atoms with Crippen LogP contribution in [0.15, 0.2) is 0 Å². The topological polar surface area (TPSA) is 188 Å². The van der Waals surface area contributed by atoms with Crippen molar-refractivity contribution >= 4 is 11.9 Å². The van der Waals surface area contributed by atoms with Crippen LogP contribution < -0.4 is 5.32 Å². The molecule has 0 aromatic heterocycles. The summed E-state index contributed by atoms with van der Waals surface area (Å²) in [5.41, 5.74) is 0. The summed E-state index contributed by atoms with van der Waals surface area (Å²) >= 11 is 0. The third-order valence-electron chi connectivity index (χ3n) is 5.31. The predicted octanol–water partition coefficient (Wildman–Crippen LogP) is -0.468. The van der Waals surface area contributed by atoms with Gasteiger partial charge in [-0.15, -0.1) is 0 Å². The second kappa shape index (κ2) is 38.6. The van der Waals surface area contributed by atoms with Crippen molar-refractivity contribution in [3.05, 3.63) is 0 Å². The molecule has 0 aromatic carbocycles. The zero-order valence-corrected chi connectivity index (χ0v) is 26.8. The second-order valence-corrected chi connectivity index (χ2v) is 9.06. The average Bonchev–Trinajstić information content (AvgIpc) is 3.03. The molecule has 16 nitrogen and oxygen atoms in total. The molecule has 16 heteroatoms. The van der Waals surface area contributed by atoms with Crippen LogP contribution in [0.3, 0.4) is 0 Å². The Kier molecular flexibility index (Phi) is 37.3. The molecule has 0 spiro atoms. The van der Waals surface area contributed by atoms with Gasteiger partial charge in [0.1, 0.15) is 0 Å². The van der Waals surface area contributed by atoms with Gasteiger partial charge in [-0.05, 0) is 6.42 Å². The van der Waals surface area contributed by atoms with Crippen LogP contribution in [-0.2, 0) is 61.7 Å². The minimum absolute atomic E-state index is 0.0114. The SMILES string of the molecule is O=C(O)CCC(=O)NCCCOCCOCCOCCOCCOCCOCCOCCOCCOCCOCCOCCO. The number of aliphatic hydroxyl groups excluding tert-OH is 1. The first kappa shape index (κ1) is 43.5. The number of nitrogens with one attached hydrogen (secondary N) is 1. The lowest BCUT2D eigenvalue weighted by molar-refractivity contribution is -0.138. The van der Waals surface area contributed by atoms with Crippen LogP contribution in [0, 0.1) is 0 Å². The fraction of sp³-hybridized carbons (Fsp3) is 0.931. The van der Waals surface area contributed by atoms with Gasteiger partial charge in [-0.1, -0.05) is 0 Å². The summed E-state index contributed by atoms with van der Waals surface area (Å²) in [6.45, 7) is 10.9. The quantitative estimate of drug-likeness (QED) is 0.0718. The van der Waals surface area contributed by atoms with Crippen molar-refractivity contribution in [2.24, 2.45) is 0 Å². The number of carboxylic acids is 1. The Hall–Kier alpha value is -1.54. The van der Waals surface area contributed by atoms with Crippen LogP contribution in [0.5, 0.6) is 0 Å². The highest BCUT2D eigenvalue weighted by Gasteiger charge is 2.04. The van der Waals surface area contributed by atoms with Crippen molar-refractivity contribution in [1.29, 1.82) is 0 Å². The number of carbonyl (C=O) groups excluding carboxylic acids is 1. The van der Waals surface area contributed by atoms with Gasteiger partial charge in [-0.3, -0.25) is 9.59 Å². The molecule has 0 aromatic rings. The Labute approximate surface area is 267 Å². The van der Waals surface area contributed by atoms with E-state index in [4.69, 9.17) is 62.3 Å². The molecule has 1 amide bonds. The van der Waals surface area contributed by atoms with Crippen molar-refractivity contribution in [3.8, 4) is 0 Å². The maximum Gasteiger partial charge on any atom is 0.303 e. The minimum Gasteiger partial charge on any atom is -0.481 e. The van der Waals surface area contributed by atoms with Crippen molar-refractivity contribution in [1.82, 2.24) is 5.32 Å². The maximum absolute atomic E-state index is 11.4. The molecule has 0 bridgehead atoms. The third kappa shape index (κ3) is 40.4. The molecule has 0 radical (unpaired) electrons. The molecule has 0 rings (SSSR count). The smallest absolute Gasteiger partial charge is 0.303 e. The highest BCUT2D eigenvalue weighted by atomic mass is 16.6. The van der Waals surface area contributed by atoms with E-state index < -0.39 is 5.97 Å². The number of amides is 1. The lowest BCUT2D eigenvalue weighted by Gasteiger charge is -2.09. The molecule has 0 aliphatic carbocycles. The Bertz CT molecular complexity index is 618. The minimum atomic E-state index is -0.984. The number of ether oxygens (including phenoxy) is 11. The lowest BCUT2D eigenvalue weighted by atomic mass is 10.3. The average molecular weight is 660 g/mol. The van der Waals surface area contributed by atoms with Gasteiger partial charge in [0.2, 0.25) is 5.91 Å². The normalized spacial score (nSPS) is 11.3. The first-order valence-corrected chi connectivity index (χ1v) is 15.6. The molecular weight excluding hydrogens is 602 g/mol. The fourth-order valence-corrected chi connectivity index (χ4v) is 3.08. The van der Waals surface area contributed by atoms with Crippen molar-refractivity contribution in [2.45, 2.75) is 19.3 Å². The Morgan fingerprint density at radius 1 is 0.400 bits per heavy atom. The highest BCUT2D eigenvalue weighted by Crippen LogP contribution is 1.90. The van der Waals surface area contributed by atoms with E-state index >= 15 is 0 Å². The van der Waals surface area contributed by atoms with Crippen molar-refractivity contribution in [3.63, 3.8) is 0 Å². The number of rotatable bonds is 39. The second-order valence-electron chi connectivity index (χ2n) is 9.06. The number of hydrogen-bond donors (Lipinski definition) is 3. The monoisotopic (exact) mass is 659 g/mol. The maximum atomic E-state index is 11.4. The summed E-state index contributed by atoms with van der Waals surface area (Å²) in [6.07, 6.45) is 0.474. The zero-order chi connectivity index (χ0) is 32.7. The molecule has 268 valence electrons. The van der Waals surface area contributed by atoms with Gasteiger partial charge in [0.05, 0.1) is 152 Å². The van der Waals surface area contributed by atoms with Crippen molar-refractivity contribution in [2.75, 3.05) is 159 Å². The standard InChI is InChI=1S/C29H57NO15/c31-5-7-36-9-11-38-13-15-40-17-19-42-21-23-44-25-27-45-26-24-43-22-20-41-18-16-39-14-12-37-10-8-35-6-1-4-30-28(32)2-3-29(33)34/h31H,1-27H2,(H,30,32)(H,33,34). The molecule has 0 aliphatic rings. The highest BCUT2D eigenvalue weighted by molar-refractivity contribution is 5.80. The van der Waals surface area contributed by atoms with E-state index in [1.807, 2.05) is 0 Å². The summed E-state index contributed by atoms with van der Waals surface area (Å²) in [5, 5.41) is 19.7. The van der Waals surface area contributed by atoms with Crippen molar-refractivity contribution < 1.29 is 71.9 Å². The van der Waals surface area contributed by atoms with E-state index in [1.165, 1.54) is 0 Å². The third-order valence-corrected chi connectivity index (χ3v) is 5.31. The summed E-state index contributed by atoms with van der Waals surface area (Å²) < 4.78 is 59.3. The molecule has 0 fully saturated rings. The summed E-state index contributed by atoms with van der Waals surface area (Å²) in [5.74, 6) is -1.25. The van der Waals surface area contributed by atoms with Gasteiger partial charge in [0, 0.05) is 19.6 Å². The predicted molar refractivity (Wildman–Crippen MR) is 161 cm³/mol. The molecular formula is C29H57NO15. The van der Waals surface area contributed by atoms with E-state index in [2.05, 4.69) is 5.32 Å². The number of carbonyl (C=O) groups is 2. The van der Waals surface area contributed by atoms with Crippen LogP contribution >= 0.6 is 0 Å². The first-order valence-electron chi connectivity index (χ1n) is 15.6. The largest absolute Gasteiger partial charge is 0.481 e. The molecule has 45 heavy (non-hydrogen) atoms. The molecule has 0 heterocycles. The van der Waals surface area contributed by atoms with Crippen LogP contribution in [0.4, 0.5) is 0 Å². The lowest BCUT2D eigenvalue weighted by Crippen LogP contribution is -2.25.